The largest absolute Gasteiger partial charge is 0.503 e. The Morgan fingerprint density at radius 2 is 1.84 bits per heavy atom. The molecule has 0 fully saturated rings. The van der Waals surface area contributed by atoms with E-state index in [1.54, 1.807) is 43.5 Å². The lowest BCUT2D eigenvalue weighted by atomic mass is 9.92. The number of rotatable bonds is 9. The van der Waals surface area contributed by atoms with E-state index in [0.717, 1.165) is 6.42 Å². The number of carbonyl (C=O) groups excluding carboxylic acids is 2. The molecule has 0 saturated carbocycles. The number of anilines is 1. The Bertz CT molecular complexity index is 995. The number of ketones is 1. The SMILES string of the molecule is CCCOc1cccc(N2C(=O)C(O)=C(C(=O)CC(C)C)C2c2cccc(OC)c2)c1. The molecule has 0 aliphatic carbocycles. The predicted molar refractivity (Wildman–Crippen MR) is 120 cm³/mol. The molecule has 164 valence electrons. The van der Waals surface area contributed by atoms with E-state index >= 15 is 0 Å². The Morgan fingerprint density at radius 3 is 2.52 bits per heavy atom. The molecular weight excluding hydrogens is 394 g/mol. The highest BCUT2D eigenvalue weighted by molar-refractivity contribution is 6.16. The summed E-state index contributed by atoms with van der Waals surface area (Å²) in [7, 11) is 1.56. The van der Waals surface area contributed by atoms with Crippen molar-refractivity contribution in [2.75, 3.05) is 18.6 Å². The highest BCUT2D eigenvalue weighted by Crippen LogP contribution is 2.43. The summed E-state index contributed by atoms with van der Waals surface area (Å²) in [6, 6.07) is 13.6. The minimum absolute atomic E-state index is 0.0914. The average molecular weight is 424 g/mol. The second-order valence-electron chi connectivity index (χ2n) is 7.98. The molecule has 0 saturated heterocycles. The number of carbonyl (C=O) groups is 2. The van der Waals surface area contributed by atoms with Crippen LogP contribution < -0.4 is 14.4 Å². The molecule has 1 atom stereocenters. The molecule has 0 spiro atoms. The van der Waals surface area contributed by atoms with E-state index in [1.165, 1.54) is 4.90 Å². The van der Waals surface area contributed by atoms with Crippen LogP contribution in [0.4, 0.5) is 5.69 Å². The van der Waals surface area contributed by atoms with Gasteiger partial charge in [-0.2, -0.15) is 0 Å². The van der Waals surface area contributed by atoms with Gasteiger partial charge in [-0.3, -0.25) is 14.5 Å². The number of nitrogens with zero attached hydrogens (tertiary/aromatic N) is 1. The molecule has 1 aliphatic heterocycles. The quantitative estimate of drug-likeness (QED) is 0.614. The van der Waals surface area contributed by atoms with E-state index in [-0.39, 0.29) is 23.7 Å². The Kier molecular flexibility index (Phi) is 7.00. The average Bonchev–Trinajstić information content (AvgIpc) is 3.03. The molecule has 1 heterocycles. The maximum Gasteiger partial charge on any atom is 0.294 e. The number of hydrogen-bond acceptors (Lipinski definition) is 5. The van der Waals surface area contributed by atoms with Gasteiger partial charge in [0.2, 0.25) is 0 Å². The number of methoxy groups -OCH3 is 1. The van der Waals surface area contributed by atoms with Gasteiger partial charge in [0.05, 0.1) is 25.3 Å². The van der Waals surface area contributed by atoms with Gasteiger partial charge in [-0.05, 0) is 42.2 Å². The zero-order chi connectivity index (χ0) is 22.5. The number of Topliss-reactive ketones (excluding diaryl/α,β-unsaturated/α-hetero) is 1. The van der Waals surface area contributed by atoms with Crippen LogP contribution in [0.15, 0.2) is 59.9 Å². The third-order valence-corrected chi connectivity index (χ3v) is 5.08. The van der Waals surface area contributed by atoms with Crippen LogP contribution in [0.3, 0.4) is 0 Å². The zero-order valence-electron chi connectivity index (χ0n) is 18.4. The third-order valence-electron chi connectivity index (χ3n) is 5.08. The molecule has 6 heteroatoms. The second-order valence-corrected chi connectivity index (χ2v) is 7.98. The first kappa shape index (κ1) is 22.4. The molecule has 3 rings (SSSR count). The fourth-order valence-corrected chi connectivity index (χ4v) is 3.71. The Hall–Kier alpha value is -3.28. The minimum atomic E-state index is -0.754. The minimum Gasteiger partial charge on any atom is -0.503 e. The van der Waals surface area contributed by atoms with Crippen molar-refractivity contribution in [1.82, 2.24) is 0 Å². The normalized spacial score (nSPS) is 16.2. The van der Waals surface area contributed by atoms with Crippen LogP contribution in [0.1, 0.15) is 45.2 Å². The van der Waals surface area contributed by atoms with Crippen molar-refractivity contribution < 1.29 is 24.2 Å². The summed E-state index contributed by atoms with van der Waals surface area (Å²) in [6.07, 6.45) is 1.09. The van der Waals surface area contributed by atoms with Crippen molar-refractivity contribution >= 4 is 17.4 Å². The first-order valence-electron chi connectivity index (χ1n) is 10.5. The summed E-state index contributed by atoms with van der Waals surface area (Å²) in [5.74, 6) is -0.0286. The predicted octanol–water partition coefficient (Wildman–Crippen LogP) is 5.00. The molecule has 1 N–H and O–H groups in total. The van der Waals surface area contributed by atoms with E-state index in [9.17, 15) is 14.7 Å². The molecule has 1 amide bonds. The number of ether oxygens (including phenoxy) is 2. The Morgan fingerprint density at radius 1 is 1.13 bits per heavy atom. The van der Waals surface area contributed by atoms with Gasteiger partial charge in [0, 0.05) is 18.2 Å². The maximum atomic E-state index is 13.2. The number of aliphatic hydroxyl groups excluding tert-OH is 1. The van der Waals surface area contributed by atoms with Crippen LogP contribution >= 0.6 is 0 Å². The topological polar surface area (TPSA) is 76.1 Å². The van der Waals surface area contributed by atoms with E-state index in [0.29, 0.717) is 29.4 Å². The first-order valence-corrected chi connectivity index (χ1v) is 10.5. The van der Waals surface area contributed by atoms with Crippen molar-refractivity contribution in [1.29, 1.82) is 0 Å². The monoisotopic (exact) mass is 423 g/mol. The summed E-state index contributed by atoms with van der Waals surface area (Å²) in [6.45, 7) is 6.43. The molecule has 1 unspecified atom stereocenters. The van der Waals surface area contributed by atoms with E-state index in [4.69, 9.17) is 9.47 Å². The van der Waals surface area contributed by atoms with E-state index in [1.807, 2.05) is 32.9 Å². The lowest BCUT2D eigenvalue weighted by molar-refractivity contribution is -0.118. The molecular formula is C25H29NO5. The summed E-state index contributed by atoms with van der Waals surface area (Å²) >= 11 is 0. The van der Waals surface area contributed by atoms with Crippen molar-refractivity contribution in [3.63, 3.8) is 0 Å². The Labute approximate surface area is 183 Å². The van der Waals surface area contributed by atoms with E-state index < -0.39 is 17.7 Å². The molecule has 2 aromatic carbocycles. The fourth-order valence-electron chi connectivity index (χ4n) is 3.71. The molecule has 2 aromatic rings. The molecule has 0 radical (unpaired) electrons. The van der Waals surface area contributed by atoms with Crippen LogP contribution in [-0.2, 0) is 9.59 Å². The zero-order valence-corrected chi connectivity index (χ0v) is 18.4. The molecule has 31 heavy (non-hydrogen) atoms. The van der Waals surface area contributed by atoms with Crippen LogP contribution in [0.5, 0.6) is 11.5 Å². The summed E-state index contributed by atoms with van der Waals surface area (Å²) in [5.41, 5.74) is 1.35. The van der Waals surface area contributed by atoms with Crippen LogP contribution in [0, 0.1) is 5.92 Å². The van der Waals surface area contributed by atoms with Gasteiger partial charge in [0.15, 0.2) is 11.5 Å². The number of benzene rings is 2. The van der Waals surface area contributed by atoms with Crippen molar-refractivity contribution in [2.45, 2.75) is 39.7 Å². The van der Waals surface area contributed by atoms with Crippen molar-refractivity contribution in [3.05, 3.63) is 65.4 Å². The number of hydrogen-bond donors (Lipinski definition) is 1. The van der Waals surface area contributed by atoms with Crippen LogP contribution in [0.25, 0.3) is 0 Å². The van der Waals surface area contributed by atoms with Gasteiger partial charge in [0.25, 0.3) is 5.91 Å². The maximum absolute atomic E-state index is 13.2. The standard InChI is InChI=1S/C25H29NO5/c1-5-12-31-20-11-7-9-18(15-20)26-23(17-8-6-10-19(14-17)30-4)22(24(28)25(26)29)21(27)13-16(2)3/h6-11,14-16,23,28H,5,12-13H2,1-4H3. The molecule has 0 aromatic heterocycles. The van der Waals surface area contributed by atoms with Gasteiger partial charge in [-0.15, -0.1) is 0 Å². The summed E-state index contributed by atoms with van der Waals surface area (Å²) < 4.78 is 11.1. The van der Waals surface area contributed by atoms with Gasteiger partial charge in [-0.25, -0.2) is 0 Å². The van der Waals surface area contributed by atoms with Crippen LogP contribution in [-0.4, -0.2) is 30.5 Å². The fraction of sp³-hybridized carbons (Fsp3) is 0.360. The molecule has 1 aliphatic rings. The first-order chi connectivity index (χ1) is 14.9. The number of aliphatic hydroxyl groups is 1. The van der Waals surface area contributed by atoms with Crippen LogP contribution in [0.2, 0.25) is 0 Å². The number of amides is 1. The second kappa shape index (κ2) is 9.69. The van der Waals surface area contributed by atoms with Gasteiger partial charge < -0.3 is 14.6 Å². The van der Waals surface area contributed by atoms with Crippen molar-refractivity contribution in [2.24, 2.45) is 5.92 Å². The molecule has 0 bridgehead atoms. The highest BCUT2D eigenvalue weighted by Gasteiger charge is 2.44. The molecule has 6 nitrogen and oxygen atoms in total. The Balaban J connectivity index is 2.11. The van der Waals surface area contributed by atoms with Gasteiger partial charge in [-0.1, -0.05) is 39.0 Å². The van der Waals surface area contributed by atoms with E-state index in [2.05, 4.69) is 0 Å². The lowest BCUT2D eigenvalue weighted by Crippen LogP contribution is -2.31. The van der Waals surface area contributed by atoms with Crippen molar-refractivity contribution in [3.8, 4) is 11.5 Å². The highest BCUT2D eigenvalue weighted by atomic mass is 16.5. The summed E-state index contributed by atoms with van der Waals surface area (Å²) in [4.78, 5) is 27.7. The smallest absolute Gasteiger partial charge is 0.294 e. The van der Waals surface area contributed by atoms with Gasteiger partial charge in [0.1, 0.15) is 11.5 Å². The lowest BCUT2D eigenvalue weighted by Gasteiger charge is -2.27. The van der Waals surface area contributed by atoms with Gasteiger partial charge >= 0.3 is 0 Å². The third kappa shape index (κ3) is 4.74. The summed E-state index contributed by atoms with van der Waals surface area (Å²) in [5, 5.41) is 10.7.